The molecule has 1 fully saturated rings. The van der Waals surface area contributed by atoms with Crippen molar-refractivity contribution in [2.75, 3.05) is 20.3 Å². The fraction of sp³-hybridized carbons (Fsp3) is 0.308. The summed E-state index contributed by atoms with van der Waals surface area (Å²) in [6.07, 6.45) is 1.70. The van der Waals surface area contributed by atoms with Crippen LogP contribution in [0, 0.1) is 0 Å². The number of benzene rings is 3. The standard InChI is InChI=1S/C26H27ClO4/c1-28-26(12-14-29-15-13-26)22-9-5-8-21(16-22)19-30-24-11-10-23(27)17-25(24)31-18-20-6-3-2-4-7-20/h2-11,16-17H,12-15,18-19H2,1H3. The second-order valence-electron chi connectivity index (χ2n) is 7.67. The maximum atomic E-state index is 6.19. The van der Waals surface area contributed by atoms with Crippen molar-refractivity contribution in [2.45, 2.75) is 31.7 Å². The van der Waals surface area contributed by atoms with Gasteiger partial charge in [0.1, 0.15) is 13.2 Å². The Morgan fingerprint density at radius 1 is 0.806 bits per heavy atom. The average molecular weight is 439 g/mol. The Bertz CT molecular complexity index is 984. The Labute approximate surface area is 188 Å². The van der Waals surface area contributed by atoms with Gasteiger partial charge in [-0.25, -0.2) is 0 Å². The maximum absolute atomic E-state index is 6.19. The fourth-order valence-corrected chi connectivity index (χ4v) is 4.03. The Morgan fingerprint density at radius 3 is 2.29 bits per heavy atom. The molecular formula is C26H27ClO4. The molecule has 1 aliphatic rings. The number of rotatable bonds is 8. The van der Waals surface area contributed by atoms with Crippen LogP contribution >= 0.6 is 11.6 Å². The quantitative estimate of drug-likeness (QED) is 0.422. The van der Waals surface area contributed by atoms with Crippen molar-refractivity contribution in [1.82, 2.24) is 0 Å². The first-order chi connectivity index (χ1) is 15.2. The predicted octanol–water partition coefficient (Wildman–Crippen LogP) is 6.15. The van der Waals surface area contributed by atoms with Crippen molar-refractivity contribution in [2.24, 2.45) is 0 Å². The summed E-state index contributed by atoms with van der Waals surface area (Å²) in [4.78, 5) is 0. The molecule has 0 radical (unpaired) electrons. The fourth-order valence-electron chi connectivity index (χ4n) is 3.87. The molecule has 162 valence electrons. The van der Waals surface area contributed by atoms with Crippen LogP contribution in [-0.4, -0.2) is 20.3 Å². The molecular weight excluding hydrogens is 412 g/mol. The number of hydrogen-bond donors (Lipinski definition) is 0. The molecule has 31 heavy (non-hydrogen) atoms. The third kappa shape index (κ3) is 5.40. The van der Waals surface area contributed by atoms with Crippen molar-refractivity contribution in [3.63, 3.8) is 0 Å². The minimum absolute atomic E-state index is 0.293. The molecule has 0 aliphatic carbocycles. The Kier molecular flexibility index (Phi) is 7.13. The summed E-state index contributed by atoms with van der Waals surface area (Å²) in [7, 11) is 1.78. The summed E-state index contributed by atoms with van der Waals surface area (Å²) >= 11 is 6.19. The van der Waals surface area contributed by atoms with E-state index >= 15 is 0 Å². The van der Waals surface area contributed by atoms with Gasteiger partial charge in [0.2, 0.25) is 0 Å². The van der Waals surface area contributed by atoms with Crippen molar-refractivity contribution in [1.29, 1.82) is 0 Å². The minimum Gasteiger partial charge on any atom is -0.485 e. The van der Waals surface area contributed by atoms with Gasteiger partial charge >= 0.3 is 0 Å². The lowest BCUT2D eigenvalue weighted by Crippen LogP contribution is -2.35. The van der Waals surface area contributed by atoms with Crippen LogP contribution in [0.5, 0.6) is 11.5 Å². The lowest BCUT2D eigenvalue weighted by atomic mass is 9.85. The smallest absolute Gasteiger partial charge is 0.163 e. The molecule has 0 amide bonds. The summed E-state index contributed by atoms with van der Waals surface area (Å²) in [5.74, 6) is 1.29. The summed E-state index contributed by atoms with van der Waals surface area (Å²) in [5.41, 5.74) is 3.03. The summed E-state index contributed by atoms with van der Waals surface area (Å²) < 4.78 is 23.6. The molecule has 1 heterocycles. The molecule has 0 N–H and O–H groups in total. The second-order valence-corrected chi connectivity index (χ2v) is 8.10. The SMILES string of the molecule is COC1(c2cccc(COc3ccc(Cl)cc3OCc3ccccc3)c2)CCOCC1. The molecule has 3 aromatic rings. The van der Waals surface area contributed by atoms with Crippen LogP contribution in [0.3, 0.4) is 0 Å². The Hall–Kier alpha value is -2.53. The predicted molar refractivity (Wildman–Crippen MR) is 122 cm³/mol. The molecule has 5 heteroatoms. The van der Waals surface area contributed by atoms with E-state index < -0.39 is 0 Å². The summed E-state index contributed by atoms with van der Waals surface area (Å²) in [6.45, 7) is 2.29. The van der Waals surface area contributed by atoms with E-state index in [-0.39, 0.29) is 5.60 Å². The molecule has 4 nitrogen and oxygen atoms in total. The van der Waals surface area contributed by atoms with Gasteiger partial charge in [0.05, 0.1) is 5.60 Å². The van der Waals surface area contributed by atoms with Gasteiger partial charge in [-0.3, -0.25) is 0 Å². The van der Waals surface area contributed by atoms with Crippen LogP contribution in [0.4, 0.5) is 0 Å². The molecule has 0 aromatic heterocycles. The van der Waals surface area contributed by atoms with Crippen LogP contribution in [0.15, 0.2) is 72.8 Å². The third-order valence-corrected chi connectivity index (χ3v) is 5.92. The first-order valence-corrected chi connectivity index (χ1v) is 10.9. The third-order valence-electron chi connectivity index (χ3n) is 5.68. The lowest BCUT2D eigenvalue weighted by Gasteiger charge is -2.36. The van der Waals surface area contributed by atoms with E-state index in [0.29, 0.717) is 42.9 Å². The van der Waals surface area contributed by atoms with Crippen molar-refractivity contribution >= 4 is 11.6 Å². The largest absolute Gasteiger partial charge is 0.485 e. The molecule has 0 unspecified atom stereocenters. The van der Waals surface area contributed by atoms with Gasteiger partial charge in [0.25, 0.3) is 0 Å². The van der Waals surface area contributed by atoms with Gasteiger partial charge in [-0.05, 0) is 34.9 Å². The summed E-state index contributed by atoms with van der Waals surface area (Å²) in [6, 6.07) is 23.9. The van der Waals surface area contributed by atoms with E-state index in [1.165, 1.54) is 0 Å². The van der Waals surface area contributed by atoms with E-state index in [4.69, 9.17) is 30.5 Å². The zero-order chi connectivity index (χ0) is 21.5. The van der Waals surface area contributed by atoms with Gasteiger partial charge in [-0.2, -0.15) is 0 Å². The first-order valence-electron chi connectivity index (χ1n) is 10.5. The van der Waals surface area contributed by atoms with E-state index in [1.807, 2.05) is 42.5 Å². The highest BCUT2D eigenvalue weighted by atomic mass is 35.5. The first kappa shape index (κ1) is 21.7. The molecule has 1 aliphatic heterocycles. The van der Waals surface area contributed by atoms with E-state index in [9.17, 15) is 0 Å². The van der Waals surface area contributed by atoms with Crippen molar-refractivity contribution in [3.05, 3.63) is 94.5 Å². The van der Waals surface area contributed by atoms with Crippen LogP contribution in [-0.2, 0) is 28.3 Å². The molecule has 0 saturated carbocycles. The number of hydrogen-bond acceptors (Lipinski definition) is 4. The van der Waals surface area contributed by atoms with Crippen LogP contribution in [0.25, 0.3) is 0 Å². The highest BCUT2D eigenvalue weighted by molar-refractivity contribution is 6.30. The average Bonchev–Trinajstić information content (AvgIpc) is 2.83. The number of halogens is 1. The molecule has 0 bridgehead atoms. The monoisotopic (exact) mass is 438 g/mol. The van der Waals surface area contributed by atoms with Gasteiger partial charge in [0.15, 0.2) is 11.5 Å². The van der Waals surface area contributed by atoms with Crippen LogP contribution < -0.4 is 9.47 Å². The van der Waals surface area contributed by atoms with E-state index in [0.717, 1.165) is 29.5 Å². The highest BCUT2D eigenvalue weighted by Crippen LogP contribution is 2.36. The highest BCUT2D eigenvalue weighted by Gasteiger charge is 2.34. The van der Waals surface area contributed by atoms with Gasteiger partial charge < -0.3 is 18.9 Å². The van der Waals surface area contributed by atoms with E-state index in [2.05, 4.69) is 24.3 Å². The van der Waals surface area contributed by atoms with Crippen LogP contribution in [0.1, 0.15) is 29.5 Å². The normalized spacial score (nSPS) is 15.4. The van der Waals surface area contributed by atoms with Crippen molar-refractivity contribution < 1.29 is 18.9 Å². The summed E-state index contributed by atoms with van der Waals surface area (Å²) in [5, 5.41) is 0.610. The van der Waals surface area contributed by atoms with Gasteiger partial charge in [0, 0.05) is 44.3 Å². The Morgan fingerprint density at radius 2 is 1.52 bits per heavy atom. The maximum Gasteiger partial charge on any atom is 0.163 e. The minimum atomic E-state index is -0.293. The zero-order valence-electron chi connectivity index (χ0n) is 17.7. The van der Waals surface area contributed by atoms with E-state index in [1.54, 1.807) is 13.2 Å². The molecule has 0 atom stereocenters. The lowest BCUT2D eigenvalue weighted by molar-refractivity contribution is -0.0948. The number of methoxy groups -OCH3 is 1. The Balaban J connectivity index is 1.47. The molecule has 3 aromatic carbocycles. The molecule has 0 spiro atoms. The second kappa shape index (κ2) is 10.2. The van der Waals surface area contributed by atoms with Gasteiger partial charge in [-0.15, -0.1) is 0 Å². The molecule has 1 saturated heterocycles. The van der Waals surface area contributed by atoms with Gasteiger partial charge in [-0.1, -0.05) is 60.1 Å². The molecule has 4 rings (SSSR count). The van der Waals surface area contributed by atoms with Crippen LogP contribution in [0.2, 0.25) is 5.02 Å². The number of ether oxygens (including phenoxy) is 4. The zero-order valence-corrected chi connectivity index (χ0v) is 18.4. The van der Waals surface area contributed by atoms with Crippen molar-refractivity contribution in [3.8, 4) is 11.5 Å². The topological polar surface area (TPSA) is 36.9 Å².